The molecule has 0 aromatic heterocycles. The Morgan fingerprint density at radius 2 is 0.797 bits per heavy atom. The smallest absolute Gasteiger partial charge is 0.305 e. The van der Waals surface area contributed by atoms with E-state index in [0.29, 0.717) is 25.9 Å². The highest BCUT2D eigenvalue weighted by atomic mass is 16.5. The summed E-state index contributed by atoms with van der Waals surface area (Å²) >= 11 is 0. The topological polar surface area (TPSA) is 95.9 Å². The van der Waals surface area contributed by atoms with E-state index in [-0.39, 0.29) is 18.5 Å². The molecule has 0 saturated heterocycles. The zero-order chi connectivity index (χ0) is 43.0. The molecule has 2 atom stereocenters. The van der Waals surface area contributed by atoms with Crippen LogP contribution in [0.4, 0.5) is 0 Å². The summed E-state index contributed by atoms with van der Waals surface area (Å²) in [4.78, 5) is 24.4. The van der Waals surface area contributed by atoms with Crippen molar-refractivity contribution in [2.24, 2.45) is 0 Å². The Kier molecular flexibility index (Phi) is 48.1. The molecule has 6 heteroatoms. The van der Waals surface area contributed by atoms with Crippen molar-refractivity contribution in [3.8, 4) is 0 Å². The van der Waals surface area contributed by atoms with E-state index in [0.717, 1.165) is 44.9 Å². The van der Waals surface area contributed by atoms with Crippen molar-refractivity contribution in [2.45, 2.75) is 302 Å². The van der Waals surface area contributed by atoms with Gasteiger partial charge >= 0.3 is 5.97 Å². The lowest BCUT2D eigenvalue weighted by atomic mass is 10.0. The highest BCUT2D eigenvalue weighted by Crippen LogP contribution is 2.17. The van der Waals surface area contributed by atoms with Crippen LogP contribution in [0.25, 0.3) is 0 Å². The van der Waals surface area contributed by atoms with Crippen LogP contribution in [0.1, 0.15) is 290 Å². The van der Waals surface area contributed by atoms with Crippen LogP contribution in [0.2, 0.25) is 0 Å². The van der Waals surface area contributed by atoms with Crippen LogP contribution in [-0.2, 0) is 14.3 Å². The quantitative estimate of drug-likeness (QED) is 0.0322. The summed E-state index contributed by atoms with van der Waals surface area (Å²) in [5.74, 6) is -0.0377. The minimum atomic E-state index is -0.662. The van der Waals surface area contributed by atoms with E-state index in [1.807, 2.05) is 0 Å². The summed E-state index contributed by atoms with van der Waals surface area (Å²) in [5, 5.41) is 23.1. The molecule has 0 aromatic rings. The molecule has 0 aliphatic rings. The third kappa shape index (κ3) is 45.9. The molecule has 0 bridgehead atoms. The Morgan fingerprint density at radius 1 is 0.458 bits per heavy atom. The number of hydrogen-bond donors (Lipinski definition) is 3. The summed E-state index contributed by atoms with van der Waals surface area (Å²) in [5.41, 5.74) is 0. The van der Waals surface area contributed by atoms with Gasteiger partial charge in [-0.2, -0.15) is 0 Å². The van der Waals surface area contributed by atoms with Crippen LogP contribution in [0.5, 0.6) is 0 Å². The van der Waals surface area contributed by atoms with Crippen molar-refractivity contribution in [3.05, 3.63) is 12.2 Å². The number of aliphatic hydroxyl groups is 2. The Bertz CT molecular complexity index is 878. The largest absolute Gasteiger partial charge is 0.466 e. The number of carbonyl (C=O) groups is 2. The number of hydrogen-bond acceptors (Lipinski definition) is 5. The van der Waals surface area contributed by atoms with Crippen LogP contribution in [0, 0.1) is 0 Å². The van der Waals surface area contributed by atoms with E-state index in [1.54, 1.807) is 0 Å². The van der Waals surface area contributed by atoms with E-state index in [4.69, 9.17) is 4.74 Å². The van der Waals surface area contributed by atoms with E-state index < -0.39 is 12.1 Å². The monoisotopic (exact) mass is 834 g/mol. The first-order chi connectivity index (χ1) is 29.0. The zero-order valence-corrected chi connectivity index (χ0v) is 39.7. The highest BCUT2D eigenvalue weighted by molar-refractivity contribution is 5.76. The molecule has 0 aromatic carbocycles. The normalized spacial score (nSPS) is 12.7. The Morgan fingerprint density at radius 3 is 1.22 bits per heavy atom. The van der Waals surface area contributed by atoms with Crippen molar-refractivity contribution in [1.82, 2.24) is 5.32 Å². The van der Waals surface area contributed by atoms with Crippen molar-refractivity contribution >= 4 is 11.9 Å². The summed E-state index contributed by atoms with van der Waals surface area (Å²) < 4.78 is 5.46. The first-order valence-corrected chi connectivity index (χ1v) is 26.4. The maximum Gasteiger partial charge on any atom is 0.305 e. The fraction of sp³-hybridized carbons (Fsp3) is 0.925. The molecule has 6 nitrogen and oxygen atoms in total. The first kappa shape index (κ1) is 57.6. The summed E-state index contributed by atoms with van der Waals surface area (Å²) in [6.07, 6.45) is 56.2. The highest BCUT2D eigenvalue weighted by Gasteiger charge is 2.20. The Balaban J connectivity index is 3.36. The number of rotatable bonds is 49. The van der Waals surface area contributed by atoms with Gasteiger partial charge in [0, 0.05) is 12.8 Å². The van der Waals surface area contributed by atoms with Gasteiger partial charge in [0.1, 0.15) is 0 Å². The SMILES string of the molecule is CCCCCC/C=C\CCCCCCCC(=O)OCCCCCCCCCCCCCCCCCCCCCCC(=O)NC(CO)C(O)CCCCCCCCCCC. The lowest BCUT2D eigenvalue weighted by Gasteiger charge is -2.22. The molecule has 59 heavy (non-hydrogen) atoms. The maximum absolute atomic E-state index is 12.4. The van der Waals surface area contributed by atoms with Gasteiger partial charge in [-0.25, -0.2) is 0 Å². The summed E-state index contributed by atoms with van der Waals surface area (Å²) in [6.45, 7) is 4.91. The minimum Gasteiger partial charge on any atom is -0.466 e. The van der Waals surface area contributed by atoms with E-state index in [1.165, 1.54) is 212 Å². The second-order valence-corrected chi connectivity index (χ2v) is 18.2. The van der Waals surface area contributed by atoms with Gasteiger partial charge in [-0.3, -0.25) is 9.59 Å². The number of nitrogens with one attached hydrogen (secondary N) is 1. The third-order valence-corrected chi connectivity index (χ3v) is 12.3. The molecule has 350 valence electrons. The minimum absolute atomic E-state index is 0.00125. The lowest BCUT2D eigenvalue weighted by Crippen LogP contribution is -2.45. The number of amides is 1. The van der Waals surface area contributed by atoms with Crippen molar-refractivity contribution < 1.29 is 24.5 Å². The van der Waals surface area contributed by atoms with Gasteiger partial charge in [-0.15, -0.1) is 0 Å². The van der Waals surface area contributed by atoms with Crippen LogP contribution in [0.15, 0.2) is 12.2 Å². The molecule has 1 amide bonds. The average Bonchev–Trinajstić information content (AvgIpc) is 3.24. The molecule has 0 saturated carbocycles. The van der Waals surface area contributed by atoms with Crippen LogP contribution in [-0.4, -0.2) is 47.4 Å². The predicted octanol–water partition coefficient (Wildman–Crippen LogP) is 15.7. The molecule has 0 aliphatic carbocycles. The zero-order valence-electron chi connectivity index (χ0n) is 39.7. The number of allylic oxidation sites excluding steroid dienone is 2. The standard InChI is InChI=1S/C53H103NO5/c1-3-5-7-9-11-13-14-23-27-31-35-39-43-47-53(58)59-48-44-40-36-32-28-25-22-20-18-16-15-17-19-21-24-26-30-34-38-42-46-52(57)54-50(49-55)51(56)45-41-37-33-29-12-10-8-6-4-2/h13-14,50-51,55-56H,3-12,15-49H2,1-2H3,(H,54,57)/b14-13-. The van der Waals surface area contributed by atoms with Gasteiger partial charge in [-0.05, 0) is 51.4 Å². The summed E-state index contributed by atoms with van der Waals surface area (Å²) in [6, 6.07) is -0.540. The molecular weight excluding hydrogens is 731 g/mol. The van der Waals surface area contributed by atoms with Gasteiger partial charge in [0.2, 0.25) is 5.91 Å². The second kappa shape index (κ2) is 49.3. The second-order valence-electron chi connectivity index (χ2n) is 18.2. The van der Waals surface area contributed by atoms with Gasteiger partial charge in [-0.1, -0.05) is 238 Å². The molecule has 0 rings (SSSR count). The molecule has 0 spiro atoms. The lowest BCUT2D eigenvalue weighted by molar-refractivity contribution is -0.143. The number of carbonyl (C=O) groups excluding carboxylic acids is 2. The Hall–Kier alpha value is -1.40. The van der Waals surface area contributed by atoms with Gasteiger partial charge in [0.15, 0.2) is 0 Å². The molecule has 2 unspecified atom stereocenters. The molecule has 0 aliphatic heterocycles. The van der Waals surface area contributed by atoms with Gasteiger partial charge in [0.05, 0.1) is 25.4 Å². The number of esters is 1. The van der Waals surface area contributed by atoms with E-state index >= 15 is 0 Å². The van der Waals surface area contributed by atoms with Crippen molar-refractivity contribution in [2.75, 3.05) is 13.2 Å². The number of ether oxygens (including phenoxy) is 1. The van der Waals surface area contributed by atoms with Crippen LogP contribution in [0.3, 0.4) is 0 Å². The molecular formula is C53H103NO5. The van der Waals surface area contributed by atoms with E-state index in [9.17, 15) is 19.8 Å². The van der Waals surface area contributed by atoms with E-state index in [2.05, 4.69) is 31.3 Å². The number of unbranched alkanes of at least 4 members (excludes halogenated alkanes) is 36. The molecule has 0 fully saturated rings. The molecule has 3 N–H and O–H groups in total. The average molecular weight is 834 g/mol. The van der Waals surface area contributed by atoms with Crippen LogP contribution >= 0.6 is 0 Å². The third-order valence-electron chi connectivity index (χ3n) is 12.3. The molecule has 0 heterocycles. The van der Waals surface area contributed by atoms with Crippen molar-refractivity contribution in [3.63, 3.8) is 0 Å². The Labute approximate surface area is 368 Å². The molecule has 0 radical (unpaired) electrons. The first-order valence-electron chi connectivity index (χ1n) is 26.4. The maximum atomic E-state index is 12.4. The predicted molar refractivity (Wildman–Crippen MR) is 255 cm³/mol. The van der Waals surface area contributed by atoms with Crippen molar-refractivity contribution in [1.29, 1.82) is 0 Å². The van der Waals surface area contributed by atoms with Crippen LogP contribution < -0.4 is 5.32 Å². The fourth-order valence-electron chi connectivity index (χ4n) is 8.22. The fourth-order valence-corrected chi connectivity index (χ4v) is 8.22. The summed E-state index contributed by atoms with van der Waals surface area (Å²) in [7, 11) is 0. The van der Waals surface area contributed by atoms with Gasteiger partial charge in [0.25, 0.3) is 0 Å². The number of aliphatic hydroxyl groups excluding tert-OH is 2. The van der Waals surface area contributed by atoms with Gasteiger partial charge < -0.3 is 20.3 Å².